The minimum absolute atomic E-state index is 0.420. The van der Waals surface area contributed by atoms with Gasteiger partial charge in [-0.1, -0.05) is 41.1 Å². The van der Waals surface area contributed by atoms with Gasteiger partial charge in [-0.25, -0.2) is 4.98 Å². The molecular formula is C13H16BrN3OS. The number of aromatic nitrogens is 3. The Bertz CT molecular complexity index is 571. The average Bonchev–Trinajstić information content (AvgIpc) is 2.90. The Labute approximate surface area is 123 Å². The Morgan fingerprint density at radius 3 is 2.84 bits per heavy atom. The molecule has 0 fully saturated rings. The van der Waals surface area contributed by atoms with Crippen LogP contribution in [0, 0.1) is 0 Å². The van der Waals surface area contributed by atoms with E-state index >= 15 is 0 Å². The van der Waals surface area contributed by atoms with Crippen molar-refractivity contribution in [2.75, 3.05) is 5.75 Å². The van der Waals surface area contributed by atoms with Gasteiger partial charge in [0.05, 0.1) is 10.8 Å². The number of nitrogens with one attached hydrogen (secondary N) is 1. The summed E-state index contributed by atoms with van der Waals surface area (Å²) in [5, 5.41) is 7.20. The van der Waals surface area contributed by atoms with Crippen LogP contribution in [0.3, 0.4) is 0 Å². The monoisotopic (exact) mass is 341 g/mol. The number of H-pyrrole nitrogens is 1. The molecule has 2 rings (SSSR count). The van der Waals surface area contributed by atoms with Gasteiger partial charge in [-0.15, -0.1) is 5.10 Å². The smallest absolute Gasteiger partial charge is 0.238 e. The predicted molar refractivity (Wildman–Crippen MR) is 79.5 cm³/mol. The molecule has 0 aliphatic carbocycles. The highest BCUT2D eigenvalue weighted by Crippen LogP contribution is 2.17. The van der Waals surface area contributed by atoms with E-state index in [-0.39, 0.29) is 0 Å². The summed E-state index contributed by atoms with van der Waals surface area (Å²) < 4.78 is 13.1. The number of hydrogen-bond donors (Lipinski definition) is 1. The summed E-state index contributed by atoms with van der Waals surface area (Å²) in [7, 11) is -1.11. The maximum absolute atomic E-state index is 12.0. The fourth-order valence-corrected chi connectivity index (χ4v) is 3.16. The summed E-state index contributed by atoms with van der Waals surface area (Å²) in [5.41, 5.74) is 1.24. The van der Waals surface area contributed by atoms with Crippen LogP contribution in [-0.4, -0.2) is 25.1 Å². The molecule has 0 radical (unpaired) electrons. The van der Waals surface area contributed by atoms with Crippen molar-refractivity contribution in [3.63, 3.8) is 0 Å². The van der Waals surface area contributed by atoms with E-state index in [0.717, 1.165) is 29.6 Å². The van der Waals surface area contributed by atoms with Crippen molar-refractivity contribution in [2.45, 2.75) is 31.3 Å². The van der Waals surface area contributed by atoms with Crippen LogP contribution in [0.25, 0.3) is 0 Å². The third-order valence-electron chi connectivity index (χ3n) is 2.78. The minimum atomic E-state index is -1.11. The van der Waals surface area contributed by atoms with Gasteiger partial charge < -0.3 is 0 Å². The van der Waals surface area contributed by atoms with Crippen molar-refractivity contribution < 1.29 is 4.21 Å². The highest BCUT2D eigenvalue weighted by Gasteiger charge is 2.10. The first-order valence-corrected chi connectivity index (χ1v) is 8.35. The molecule has 0 saturated heterocycles. The lowest BCUT2D eigenvalue weighted by Gasteiger charge is -2.03. The molecule has 0 aliphatic rings. The van der Waals surface area contributed by atoms with Gasteiger partial charge in [-0.3, -0.25) is 9.31 Å². The molecule has 6 heteroatoms. The van der Waals surface area contributed by atoms with Gasteiger partial charge in [0, 0.05) is 16.6 Å². The Balaban J connectivity index is 1.86. The second-order valence-electron chi connectivity index (χ2n) is 4.16. The van der Waals surface area contributed by atoms with Crippen molar-refractivity contribution in [2.24, 2.45) is 0 Å². The van der Waals surface area contributed by atoms with E-state index in [1.165, 1.54) is 5.56 Å². The molecule has 0 bridgehead atoms. The number of hydrogen-bond acceptors (Lipinski definition) is 3. The van der Waals surface area contributed by atoms with E-state index in [2.05, 4.69) is 37.2 Å². The number of aromatic amines is 1. The molecule has 0 spiro atoms. The minimum Gasteiger partial charge on any atom is -0.262 e. The van der Waals surface area contributed by atoms with E-state index in [1.54, 1.807) is 0 Å². The van der Waals surface area contributed by atoms with E-state index in [4.69, 9.17) is 0 Å². The first-order chi connectivity index (χ1) is 9.20. The average molecular weight is 342 g/mol. The predicted octanol–water partition coefficient (Wildman–Crippen LogP) is 2.87. The van der Waals surface area contributed by atoms with Crippen molar-refractivity contribution in [1.29, 1.82) is 0 Å². The number of halogens is 1. The van der Waals surface area contributed by atoms with Crippen LogP contribution < -0.4 is 0 Å². The molecule has 0 saturated carbocycles. The maximum atomic E-state index is 12.0. The maximum Gasteiger partial charge on any atom is 0.238 e. The molecule has 1 aromatic heterocycles. The molecule has 1 heterocycles. The van der Waals surface area contributed by atoms with E-state index in [9.17, 15) is 4.21 Å². The number of rotatable bonds is 6. The quantitative estimate of drug-likeness (QED) is 0.878. The lowest BCUT2D eigenvalue weighted by Crippen LogP contribution is -2.02. The van der Waals surface area contributed by atoms with Gasteiger partial charge in [-0.05, 0) is 24.5 Å². The third kappa shape index (κ3) is 3.98. The zero-order chi connectivity index (χ0) is 13.7. The highest BCUT2D eigenvalue weighted by atomic mass is 79.9. The van der Waals surface area contributed by atoms with Crippen molar-refractivity contribution >= 4 is 26.7 Å². The lowest BCUT2D eigenvalue weighted by atomic mass is 10.1. The highest BCUT2D eigenvalue weighted by molar-refractivity contribution is 9.10. The first kappa shape index (κ1) is 14.4. The lowest BCUT2D eigenvalue weighted by molar-refractivity contribution is 0.673. The Hall–Kier alpha value is -1.01. The van der Waals surface area contributed by atoms with Gasteiger partial charge in [0.25, 0.3) is 0 Å². The normalized spacial score (nSPS) is 12.5. The fraction of sp³-hybridized carbons (Fsp3) is 0.385. The largest absolute Gasteiger partial charge is 0.262 e. The second kappa shape index (κ2) is 6.96. The molecule has 1 N–H and O–H groups in total. The summed E-state index contributed by atoms with van der Waals surface area (Å²) in [4.78, 5) is 4.20. The molecule has 4 nitrogen and oxygen atoms in total. The van der Waals surface area contributed by atoms with Crippen LogP contribution in [0.2, 0.25) is 0 Å². The van der Waals surface area contributed by atoms with E-state index < -0.39 is 10.8 Å². The van der Waals surface area contributed by atoms with Gasteiger partial charge in [0.1, 0.15) is 5.82 Å². The fourth-order valence-electron chi connectivity index (χ4n) is 1.72. The summed E-state index contributed by atoms with van der Waals surface area (Å²) in [5.74, 6) is 1.37. The standard InChI is InChI=1S/C13H16BrN3OS/c1-2-12-15-13(17-16-12)19(18)9-5-7-10-6-3-4-8-11(10)14/h3-4,6,8H,2,5,7,9H2,1H3,(H,15,16,17). The van der Waals surface area contributed by atoms with Crippen molar-refractivity contribution in [3.05, 3.63) is 40.1 Å². The van der Waals surface area contributed by atoms with Crippen LogP contribution in [0.4, 0.5) is 0 Å². The topological polar surface area (TPSA) is 58.6 Å². The summed E-state index contributed by atoms with van der Waals surface area (Å²) in [6.45, 7) is 1.99. The molecule has 0 aliphatic heterocycles. The molecule has 102 valence electrons. The zero-order valence-electron chi connectivity index (χ0n) is 10.7. The van der Waals surface area contributed by atoms with Gasteiger partial charge >= 0.3 is 0 Å². The molecule has 1 unspecified atom stereocenters. The third-order valence-corrected chi connectivity index (χ3v) is 4.81. The van der Waals surface area contributed by atoms with E-state index in [1.807, 2.05) is 25.1 Å². The molecule has 1 atom stereocenters. The Morgan fingerprint density at radius 2 is 2.16 bits per heavy atom. The molecule has 1 aromatic carbocycles. The van der Waals surface area contributed by atoms with E-state index in [0.29, 0.717) is 10.9 Å². The molecular weight excluding hydrogens is 326 g/mol. The Kier molecular flexibility index (Phi) is 5.27. The first-order valence-electron chi connectivity index (χ1n) is 6.23. The zero-order valence-corrected chi connectivity index (χ0v) is 13.1. The number of benzene rings is 1. The number of nitrogens with zero attached hydrogens (tertiary/aromatic N) is 2. The summed E-state index contributed by atoms with van der Waals surface area (Å²) in [6, 6.07) is 8.11. The number of aryl methyl sites for hydroxylation is 2. The van der Waals surface area contributed by atoms with Crippen LogP contribution in [0.5, 0.6) is 0 Å². The Morgan fingerprint density at radius 1 is 1.37 bits per heavy atom. The van der Waals surface area contributed by atoms with Crippen LogP contribution in [-0.2, 0) is 23.6 Å². The van der Waals surface area contributed by atoms with Crippen LogP contribution in [0.15, 0.2) is 33.9 Å². The molecule has 2 aromatic rings. The summed E-state index contributed by atoms with van der Waals surface area (Å²) >= 11 is 3.52. The van der Waals surface area contributed by atoms with Crippen LogP contribution in [0.1, 0.15) is 24.7 Å². The van der Waals surface area contributed by atoms with Crippen molar-refractivity contribution in [1.82, 2.24) is 15.2 Å². The van der Waals surface area contributed by atoms with Gasteiger partial charge in [-0.2, -0.15) is 0 Å². The molecule has 0 amide bonds. The molecule has 19 heavy (non-hydrogen) atoms. The SMILES string of the molecule is CCc1nc(S(=O)CCCc2ccccc2Br)n[nH]1. The van der Waals surface area contributed by atoms with Crippen molar-refractivity contribution in [3.8, 4) is 0 Å². The van der Waals surface area contributed by atoms with Crippen LogP contribution >= 0.6 is 15.9 Å². The van der Waals surface area contributed by atoms with Gasteiger partial charge in [0.2, 0.25) is 5.16 Å². The second-order valence-corrected chi connectivity index (χ2v) is 6.48. The van der Waals surface area contributed by atoms with Gasteiger partial charge in [0.15, 0.2) is 0 Å². The summed E-state index contributed by atoms with van der Waals surface area (Å²) in [6.07, 6.45) is 2.53.